The molecule has 3 N–H and O–H groups in total. The predicted octanol–water partition coefficient (Wildman–Crippen LogP) is -0.458. The predicted molar refractivity (Wildman–Crippen MR) is 57.4 cm³/mol. The van der Waals surface area contributed by atoms with Gasteiger partial charge in [0, 0.05) is 12.6 Å². The Kier molecular flexibility index (Phi) is 4.69. The van der Waals surface area contributed by atoms with Crippen molar-refractivity contribution in [3.63, 3.8) is 0 Å². The third kappa shape index (κ3) is 4.07. The second-order valence-electron chi connectivity index (χ2n) is 4.10. The van der Waals surface area contributed by atoms with E-state index >= 15 is 0 Å². The van der Waals surface area contributed by atoms with Crippen molar-refractivity contribution in [3.05, 3.63) is 0 Å². The minimum Gasteiger partial charge on any atom is -0.480 e. The van der Waals surface area contributed by atoms with Crippen LogP contribution in [0.1, 0.15) is 25.7 Å². The van der Waals surface area contributed by atoms with Crippen molar-refractivity contribution in [1.29, 1.82) is 0 Å². The van der Waals surface area contributed by atoms with Crippen LogP contribution in [-0.2, 0) is 14.8 Å². The number of hydrogen-bond acceptors (Lipinski definition) is 4. The lowest BCUT2D eigenvalue weighted by Crippen LogP contribution is -2.45. The molecule has 0 amide bonds. The fraction of sp³-hybridized carbons (Fsp3) is 0.889. The first-order valence-electron chi connectivity index (χ1n) is 5.27. The van der Waals surface area contributed by atoms with Crippen LogP contribution in [0.4, 0.5) is 0 Å². The molecule has 16 heavy (non-hydrogen) atoms. The molecule has 0 aliphatic heterocycles. The van der Waals surface area contributed by atoms with Crippen LogP contribution in [0, 0.1) is 5.92 Å². The number of aliphatic carboxylic acids is 1. The number of carbonyl (C=O) groups is 1. The van der Waals surface area contributed by atoms with Crippen LogP contribution >= 0.6 is 0 Å². The fourth-order valence-electron chi connectivity index (χ4n) is 2.02. The first-order chi connectivity index (χ1) is 7.44. The molecule has 0 radical (unpaired) electrons. The van der Waals surface area contributed by atoms with E-state index in [4.69, 9.17) is 10.2 Å². The van der Waals surface area contributed by atoms with Crippen LogP contribution in [0.5, 0.6) is 0 Å². The Morgan fingerprint density at radius 2 is 1.94 bits per heavy atom. The zero-order valence-corrected chi connectivity index (χ0v) is 9.74. The highest BCUT2D eigenvalue weighted by atomic mass is 32.2. The highest BCUT2D eigenvalue weighted by molar-refractivity contribution is 7.90. The highest BCUT2D eigenvalue weighted by Crippen LogP contribution is 2.24. The molecule has 6 nitrogen and oxygen atoms in total. The summed E-state index contributed by atoms with van der Waals surface area (Å²) in [5, 5.41) is 17.5. The maximum atomic E-state index is 11.4. The number of nitrogens with one attached hydrogen (secondary N) is 1. The van der Waals surface area contributed by atoms with Crippen molar-refractivity contribution in [1.82, 2.24) is 4.72 Å². The van der Waals surface area contributed by atoms with Crippen molar-refractivity contribution in [2.75, 3.05) is 12.4 Å². The lowest BCUT2D eigenvalue weighted by molar-refractivity contribution is -0.134. The molecule has 1 aliphatic carbocycles. The van der Waals surface area contributed by atoms with E-state index in [-0.39, 0.29) is 18.6 Å². The summed E-state index contributed by atoms with van der Waals surface area (Å²) in [6.45, 7) is -0.0692. The molecule has 0 aromatic heterocycles. The molecule has 7 heteroatoms. The third-order valence-electron chi connectivity index (χ3n) is 2.79. The lowest BCUT2D eigenvalue weighted by atomic mass is 9.86. The number of sulfonamides is 1. The summed E-state index contributed by atoms with van der Waals surface area (Å²) in [6.07, 6.45) is 3.31. The first kappa shape index (κ1) is 13.4. The van der Waals surface area contributed by atoms with Gasteiger partial charge in [-0.25, -0.2) is 13.1 Å². The van der Waals surface area contributed by atoms with Crippen molar-refractivity contribution in [2.45, 2.75) is 31.7 Å². The Bertz CT molecular complexity index is 340. The quantitative estimate of drug-likeness (QED) is 0.613. The van der Waals surface area contributed by atoms with E-state index in [1.807, 2.05) is 0 Å². The Labute approximate surface area is 94.7 Å². The zero-order chi connectivity index (χ0) is 12.2. The van der Waals surface area contributed by atoms with Crippen LogP contribution in [0.15, 0.2) is 0 Å². The maximum Gasteiger partial charge on any atom is 0.320 e. The number of hydrogen-bond donors (Lipinski definition) is 3. The monoisotopic (exact) mass is 251 g/mol. The van der Waals surface area contributed by atoms with Crippen molar-refractivity contribution >= 4 is 16.0 Å². The van der Waals surface area contributed by atoms with Gasteiger partial charge in [0.1, 0.15) is 0 Å². The largest absolute Gasteiger partial charge is 0.480 e. The number of carboxylic acid groups (broad SMARTS) is 1. The van der Waals surface area contributed by atoms with Gasteiger partial charge >= 0.3 is 5.97 Å². The molecular weight excluding hydrogens is 234 g/mol. The van der Waals surface area contributed by atoms with Crippen molar-refractivity contribution in [2.24, 2.45) is 5.92 Å². The van der Waals surface area contributed by atoms with E-state index < -0.39 is 21.7 Å². The van der Waals surface area contributed by atoms with E-state index in [1.165, 1.54) is 0 Å². The molecule has 0 aromatic rings. The number of aliphatic hydroxyl groups excluding tert-OH is 1. The number of aliphatic hydroxyl groups is 1. The average Bonchev–Trinajstić information content (AvgIpc) is 2.15. The molecule has 0 aromatic carbocycles. The molecule has 1 aliphatic rings. The molecule has 94 valence electrons. The Morgan fingerprint density at radius 1 is 1.31 bits per heavy atom. The fourth-order valence-corrected chi connectivity index (χ4v) is 3.20. The Hall–Kier alpha value is -0.660. The van der Waals surface area contributed by atoms with Gasteiger partial charge in [-0.1, -0.05) is 12.8 Å². The molecule has 0 spiro atoms. The van der Waals surface area contributed by atoms with Gasteiger partial charge in [-0.2, -0.15) is 0 Å². The molecule has 1 fully saturated rings. The summed E-state index contributed by atoms with van der Waals surface area (Å²) >= 11 is 0. The topological polar surface area (TPSA) is 104 Å². The first-order valence-corrected chi connectivity index (χ1v) is 6.92. The molecular formula is C9H17NO5S. The summed E-state index contributed by atoms with van der Waals surface area (Å²) in [6, 6.07) is -0.330. The Balaban J connectivity index is 2.60. The molecule has 0 saturated heterocycles. The number of rotatable bonds is 5. The molecule has 0 bridgehead atoms. The maximum absolute atomic E-state index is 11.4. The SMILES string of the molecule is O=C(O)CS(=O)(=O)NC1CCCCC1CO. The summed E-state index contributed by atoms with van der Waals surface area (Å²) < 4.78 is 25.2. The smallest absolute Gasteiger partial charge is 0.320 e. The van der Waals surface area contributed by atoms with E-state index in [0.29, 0.717) is 6.42 Å². The van der Waals surface area contributed by atoms with Gasteiger partial charge in [-0.05, 0) is 18.8 Å². The normalized spacial score (nSPS) is 26.6. The van der Waals surface area contributed by atoms with Gasteiger partial charge in [0.15, 0.2) is 5.75 Å². The zero-order valence-electron chi connectivity index (χ0n) is 8.92. The van der Waals surface area contributed by atoms with Gasteiger partial charge in [-0.15, -0.1) is 0 Å². The van der Waals surface area contributed by atoms with E-state index in [2.05, 4.69) is 4.72 Å². The van der Waals surface area contributed by atoms with Crippen LogP contribution in [0.25, 0.3) is 0 Å². The Morgan fingerprint density at radius 3 is 2.50 bits per heavy atom. The van der Waals surface area contributed by atoms with Gasteiger partial charge in [-0.3, -0.25) is 4.79 Å². The molecule has 2 unspecified atom stereocenters. The van der Waals surface area contributed by atoms with E-state index in [1.54, 1.807) is 0 Å². The summed E-state index contributed by atoms with van der Waals surface area (Å²) in [5.74, 6) is -2.39. The van der Waals surface area contributed by atoms with Gasteiger partial charge in [0.25, 0.3) is 0 Å². The van der Waals surface area contributed by atoms with Crippen LogP contribution < -0.4 is 4.72 Å². The second kappa shape index (κ2) is 5.60. The minimum atomic E-state index is -3.78. The van der Waals surface area contributed by atoms with Crippen LogP contribution in [-0.4, -0.2) is 43.0 Å². The molecule has 2 atom stereocenters. The van der Waals surface area contributed by atoms with Gasteiger partial charge in [0.05, 0.1) is 0 Å². The van der Waals surface area contributed by atoms with E-state index in [0.717, 1.165) is 19.3 Å². The summed E-state index contributed by atoms with van der Waals surface area (Å²) in [7, 11) is -3.78. The standard InChI is InChI=1S/C9H17NO5S/c11-5-7-3-1-2-4-8(7)10-16(14,15)6-9(12)13/h7-8,10-11H,1-6H2,(H,12,13). The summed E-state index contributed by atoms with van der Waals surface area (Å²) in [4.78, 5) is 10.3. The summed E-state index contributed by atoms with van der Waals surface area (Å²) in [5.41, 5.74) is 0. The third-order valence-corrected chi connectivity index (χ3v) is 4.08. The van der Waals surface area contributed by atoms with Gasteiger partial charge in [0.2, 0.25) is 10.0 Å². The average molecular weight is 251 g/mol. The van der Waals surface area contributed by atoms with Crippen molar-refractivity contribution < 1.29 is 23.4 Å². The van der Waals surface area contributed by atoms with Crippen LogP contribution in [0.2, 0.25) is 0 Å². The lowest BCUT2D eigenvalue weighted by Gasteiger charge is -2.30. The second-order valence-corrected chi connectivity index (χ2v) is 5.86. The van der Waals surface area contributed by atoms with E-state index in [9.17, 15) is 13.2 Å². The van der Waals surface area contributed by atoms with Crippen molar-refractivity contribution in [3.8, 4) is 0 Å². The molecule has 1 saturated carbocycles. The van der Waals surface area contributed by atoms with Gasteiger partial charge < -0.3 is 10.2 Å². The minimum absolute atomic E-state index is 0.0692. The van der Waals surface area contributed by atoms with Crippen LogP contribution in [0.3, 0.4) is 0 Å². The molecule has 1 rings (SSSR count). The number of carboxylic acids is 1. The molecule has 0 heterocycles. The highest BCUT2D eigenvalue weighted by Gasteiger charge is 2.29.